The van der Waals surface area contributed by atoms with Gasteiger partial charge in [0.2, 0.25) is 0 Å². The molecular formula is C19H27NO2. The molecule has 0 radical (unpaired) electrons. The van der Waals surface area contributed by atoms with Gasteiger partial charge in [0.1, 0.15) is 5.75 Å². The quantitative estimate of drug-likeness (QED) is 0.706. The van der Waals surface area contributed by atoms with Gasteiger partial charge in [0, 0.05) is 25.8 Å². The molecule has 0 fully saturated rings. The molecule has 0 aliphatic rings. The molecule has 1 N–H and O–H groups in total. The summed E-state index contributed by atoms with van der Waals surface area (Å²) in [6, 6.07) is 12.7. The number of benzene rings is 2. The van der Waals surface area contributed by atoms with Crippen LogP contribution < -0.4 is 10.1 Å². The van der Waals surface area contributed by atoms with Crippen molar-refractivity contribution in [1.29, 1.82) is 0 Å². The maximum atomic E-state index is 6.12. The molecule has 22 heavy (non-hydrogen) atoms. The molecule has 2 aromatic carbocycles. The van der Waals surface area contributed by atoms with Gasteiger partial charge in [0.25, 0.3) is 0 Å². The minimum absolute atomic E-state index is 0.230. The van der Waals surface area contributed by atoms with Crippen molar-refractivity contribution in [3.05, 3.63) is 42.0 Å². The van der Waals surface area contributed by atoms with Crippen molar-refractivity contribution in [2.75, 3.05) is 20.3 Å². The van der Waals surface area contributed by atoms with Gasteiger partial charge in [-0.1, -0.05) is 37.3 Å². The molecule has 0 heterocycles. The Morgan fingerprint density at radius 2 is 1.95 bits per heavy atom. The smallest absolute Gasteiger partial charge is 0.124 e. The highest BCUT2D eigenvalue weighted by molar-refractivity contribution is 5.87. The van der Waals surface area contributed by atoms with Crippen LogP contribution in [0.3, 0.4) is 0 Å². The third-order valence-corrected chi connectivity index (χ3v) is 3.90. The van der Waals surface area contributed by atoms with Gasteiger partial charge in [-0.3, -0.25) is 0 Å². The molecule has 0 aromatic heterocycles. The Labute approximate surface area is 133 Å². The predicted octanol–water partition coefficient (Wildman–Crippen LogP) is 4.14. The molecule has 0 bridgehead atoms. The van der Waals surface area contributed by atoms with Gasteiger partial charge in [-0.2, -0.15) is 0 Å². The molecule has 0 aliphatic heterocycles. The standard InChI is InChI=1S/C19H27NO2/c1-4-15(2)22-19-11-10-16-8-5-6-9-17(16)18(19)14-20-12-7-13-21-3/h5-6,8-11,15,20H,4,7,12-14H2,1-3H3. The van der Waals surface area contributed by atoms with Crippen LogP contribution in [0.4, 0.5) is 0 Å². The van der Waals surface area contributed by atoms with Crippen LogP contribution in [0.15, 0.2) is 36.4 Å². The van der Waals surface area contributed by atoms with Crippen LogP contribution in [0.25, 0.3) is 10.8 Å². The molecule has 2 rings (SSSR count). The molecule has 0 saturated heterocycles. The second kappa shape index (κ2) is 8.76. The summed E-state index contributed by atoms with van der Waals surface area (Å²) >= 11 is 0. The number of hydrogen-bond acceptors (Lipinski definition) is 3. The fourth-order valence-electron chi connectivity index (χ4n) is 2.46. The Morgan fingerprint density at radius 1 is 1.14 bits per heavy atom. The van der Waals surface area contributed by atoms with E-state index in [2.05, 4.69) is 55.6 Å². The molecular weight excluding hydrogens is 274 g/mol. The highest BCUT2D eigenvalue weighted by Crippen LogP contribution is 2.29. The lowest BCUT2D eigenvalue weighted by Crippen LogP contribution is -2.18. The number of ether oxygens (including phenoxy) is 2. The first-order valence-electron chi connectivity index (χ1n) is 8.13. The van der Waals surface area contributed by atoms with Crippen molar-refractivity contribution in [3.63, 3.8) is 0 Å². The lowest BCUT2D eigenvalue weighted by molar-refractivity contribution is 0.194. The molecule has 3 nitrogen and oxygen atoms in total. The minimum atomic E-state index is 0.230. The number of nitrogens with one attached hydrogen (secondary N) is 1. The predicted molar refractivity (Wildman–Crippen MR) is 92.5 cm³/mol. The first-order chi connectivity index (χ1) is 10.8. The second-order valence-electron chi connectivity index (χ2n) is 5.62. The average molecular weight is 301 g/mol. The van der Waals surface area contributed by atoms with Crippen LogP contribution in [-0.2, 0) is 11.3 Å². The first-order valence-corrected chi connectivity index (χ1v) is 8.13. The van der Waals surface area contributed by atoms with Crippen LogP contribution in [0.2, 0.25) is 0 Å². The zero-order valence-corrected chi connectivity index (χ0v) is 13.9. The molecule has 0 saturated carbocycles. The largest absolute Gasteiger partial charge is 0.490 e. The van der Waals surface area contributed by atoms with Crippen molar-refractivity contribution in [1.82, 2.24) is 5.32 Å². The SMILES string of the molecule is CCC(C)Oc1ccc2ccccc2c1CNCCCOC. The van der Waals surface area contributed by atoms with Gasteiger partial charge in [0.15, 0.2) is 0 Å². The summed E-state index contributed by atoms with van der Waals surface area (Å²) in [5.41, 5.74) is 1.25. The number of hydrogen-bond donors (Lipinski definition) is 1. The van der Waals surface area contributed by atoms with Gasteiger partial charge in [-0.15, -0.1) is 0 Å². The van der Waals surface area contributed by atoms with Crippen molar-refractivity contribution < 1.29 is 9.47 Å². The lowest BCUT2D eigenvalue weighted by atomic mass is 10.0. The van der Waals surface area contributed by atoms with Crippen molar-refractivity contribution >= 4 is 10.8 Å². The Hall–Kier alpha value is -1.58. The summed E-state index contributed by atoms with van der Waals surface area (Å²) in [6.07, 6.45) is 2.25. The van der Waals surface area contributed by atoms with E-state index >= 15 is 0 Å². The second-order valence-corrected chi connectivity index (χ2v) is 5.62. The minimum Gasteiger partial charge on any atom is -0.490 e. The summed E-state index contributed by atoms with van der Waals surface area (Å²) in [5, 5.41) is 6.02. The number of rotatable bonds is 9. The van der Waals surface area contributed by atoms with Gasteiger partial charge >= 0.3 is 0 Å². The fraction of sp³-hybridized carbons (Fsp3) is 0.474. The maximum Gasteiger partial charge on any atom is 0.124 e. The maximum absolute atomic E-state index is 6.12. The van der Waals surface area contributed by atoms with E-state index in [-0.39, 0.29) is 6.10 Å². The van der Waals surface area contributed by atoms with Crippen LogP contribution in [-0.4, -0.2) is 26.4 Å². The van der Waals surface area contributed by atoms with Crippen molar-refractivity contribution in [3.8, 4) is 5.75 Å². The molecule has 0 amide bonds. The van der Waals surface area contributed by atoms with E-state index < -0.39 is 0 Å². The van der Waals surface area contributed by atoms with E-state index in [1.165, 1.54) is 16.3 Å². The molecule has 1 unspecified atom stereocenters. The van der Waals surface area contributed by atoms with Gasteiger partial charge in [0.05, 0.1) is 6.10 Å². The first kappa shape index (κ1) is 16.8. The van der Waals surface area contributed by atoms with E-state index in [0.717, 1.165) is 38.3 Å². The molecule has 2 aromatic rings. The normalized spacial score (nSPS) is 12.5. The molecule has 3 heteroatoms. The average Bonchev–Trinajstić information content (AvgIpc) is 2.55. The Balaban J connectivity index is 2.19. The highest BCUT2D eigenvalue weighted by Gasteiger charge is 2.10. The number of fused-ring (bicyclic) bond motifs is 1. The van der Waals surface area contributed by atoms with Crippen molar-refractivity contribution in [2.45, 2.75) is 39.3 Å². The highest BCUT2D eigenvalue weighted by atomic mass is 16.5. The van der Waals surface area contributed by atoms with E-state index in [4.69, 9.17) is 9.47 Å². The van der Waals surface area contributed by atoms with Crippen LogP contribution in [0.1, 0.15) is 32.3 Å². The van der Waals surface area contributed by atoms with Crippen LogP contribution >= 0.6 is 0 Å². The zero-order chi connectivity index (χ0) is 15.8. The third-order valence-electron chi connectivity index (χ3n) is 3.90. The Bertz CT molecular complexity index is 583. The summed E-state index contributed by atoms with van der Waals surface area (Å²) in [4.78, 5) is 0. The molecule has 0 aliphatic carbocycles. The third kappa shape index (κ3) is 4.46. The molecule has 1 atom stereocenters. The zero-order valence-electron chi connectivity index (χ0n) is 13.9. The topological polar surface area (TPSA) is 30.5 Å². The van der Waals surface area contributed by atoms with E-state index in [9.17, 15) is 0 Å². The van der Waals surface area contributed by atoms with E-state index in [1.54, 1.807) is 7.11 Å². The van der Waals surface area contributed by atoms with E-state index in [1.807, 2.05) is 0 Å². The number of methoxy groups -OCH3 is 1. The van der Waals surface area contributed by atoms with Gasteiger partial charge < -0.3 is 14.8 Å². The van der Waals surface area contributed by atoms with Crippen LogP contribution in [0.5, 0.6) is 5.75 Å². The summed E-state index contributed by atoms with van der Waals surface area (Å²) < 4.78 is 11.2. The fourth-order valence-corrected chi connectivity index (χ4v) is 2.46. The summed E-state index contributed by atoms with van der Waals surface area (Å²) in [7, 11) is 1.74. The van der Waals surface area contributed by atoms with Gasteiger partial charge in [-0.05, 0) is 43.1 Å². The van der Waals surface area contributed by atoms with Crippen LogP contribution in [0, 0.1) is 0 Å². The van der Waals surface area contributed by atoms with Crippen molar-refractivity contribution in [2.24, 2.45) is 0 Å². The Morgan fingerprint density at radius 3 is 2.73 bits per heavy atom. The van der Waals surface area contributed by atoms with Gasteiger partial charge in [-0.25, -0.2) is 0 Å². The monoisotopic (exact) mass is 301 g/mol. The lowest BCUT2D eigenvalue weighted by Gasteiger charge is -2.18. The molecule has 120 valence electrons. The molecule has 0 spiro atoms. The van der Waals surface area contributed by atoms with E-state index in [0.29, 0.717) is 0 Å². The Kier molecular flexibility index (Phi) is 6.69. The summed E-state index contributed by atoms with van der Waals surface area (Å²) in [6.45, 7) is 6.81. The summed E-state index contributed by atoms with van der Waals surface area (Å²) in [5.74, 6) is 0.993.